The summed E-state index contributed by atoms with van der Waals surface area (Å²) in [7, 11) is 0. The van der Waals surface area contributed by atoms with Crippen LogP contribution in [0.25, 0.3) is 0 Å². The van der Waals surface area contributed by atoms with Crippen molar-refractivity contribution in [3.8, 4) is 0 Å². The highest BCUT2D eigenvalue weighted by Gasteiger charge is 2.43. The zero-order chi connectivity index (χ0) is 12.5. The molecule has 0 aromatic carbocycles. The molecule has 3 N–H and O–H groups in total. The van der Waals surface area contributed by atoms with E-state index >= 15 is 0 Å². The topological polar surface area (TPSA) is 55.1 Å². The zero-order valence-corrected chi connectivity index (χ0v) is 11.2. The lowest BCUT2D eigenvalue weighted by Crippen LogP contribution is -2.47. The van der Waals surface area contributed by atoms with E-state index in [1.54, 1.807) is 11.3 Å². The molecule has 1 amide bonds. The molecule has 1 fully saturated rings. The normalized spacial score (nSPS) is 30.2. The summed E-state index contributed by atoms with van der Waals surface area (Å²) >= 11 is 1.65. The Hall–Kier alpha value is -0.870. The van der Waals surface area contributed by atoms with Gasteiger partial charge in [0.25, 0.3) is 0 Å². The summed E-state index contributed by atoms with van der Waals surface area (Å²) in [4.78, 5) is 12.3. The van der Waals surface area contributed by atoms with E-state index in [-0.39, 0.29) is 23.4 Å². The number of amides is 1. The molecule has 1 aliphatic rings. The monoisotopic (exact) mass is 252 g/mol. The molecule has 17 heavy (non-hydrogen) atoms. The average molecular weight is 252 g/mol. The summed E-state index contributed by atoms with van der Waals surface area (Å²) in [5, 5.41) is 7.18. The van der Waals surface area contributed by atoms with Gasteiger partial charge in [-0.05, 0) is 49.1 Å². The third-order valence-corrected chi connectivity index (χ3v) is 4.64. The van der Waals surface area contributed by atoms with Crippen LogP contribution in [0.4, 0.5) is 0 Å². The van der Waals surface area contributed by atoms with Gasteiger partial charge in [0.2, 0.25) is 5.91 Å². The molecular formula is C13H20N2OS. The Labute approximate surface area is 106 Å². The van der Waals surface area contributed by atoms with E-state index < -0.39 is 0 Å². The van der Waals surface area contributed by atoms with E-state index in [0.29, 0.717) is 0 Å². The molecule has 0 bridgehead atoms. The van der Waals surface area contributed by atoms with Crippen molar-refractivity contribution in [3.63, 3.8) is 0 Å². The minimum Gasteiger partial charge on any atom is -0.349 e. The highest BCUT2D eigenvalue weighted by atomic mass is 32.1. The number of rotatable bonds is 3. The second kappa shape index (κ2) is 4.78. The first-order valence-corrected chi connectivity index (χ1v) is 7.07. The smallest absolute Gasteiger partial charge is 0.227 e. The van der Waals surface area contributed by atoms with Crippen LogP contribution in [0.3, 0.4) is 0 Å². The Morgan fingerprint density at radius 3 is 3.00 bits per heavy atom. The molecule has 3 unspecified atom stereocenters. The van der Waals surface area contributed by atoms with Crippen LogP contribution < -0.4 is 11.1 Å². The van der Waals surface area contributed by atoms with Gasteiger partial charge in [0.1, 0.15) is 0 Å². The van der Waals surface area contributed by atoms with Crippen molar-refractivity contribution < 1.29 is 4.79 Å². The van der Waals surface area contributed by atoms with Crippen molar-refractivity contribution in [1.82, 2.24) is 5.32 Å². The van der Waals surface area contributed by atoms with Gasteiger partial charge in [0.05, 0.1) is 11.5 Å². The summed E-state index contributed by atoms with van der Waals surface area (Å²) in [5.74, 6) is 0.0983. The van der Waals surface area contributed by atoms with Crippen LogP contribution in [-0.2, 0) is 4.79 Å². The molecule has 0 aliphatic heterocycles. The number of carbonyl (C=O) groups is 1. The Morgan fingerprint density at radius 1 is 1.71 bits per heavy atom. The summed E-state index contributed by atoms with van der Waals surface area (Å²) in [6.45, 7) is 4.00. The summed E-state index contributed by atoms with van der Waals surface area (Å²) < 4.78 is 0. The minimum absolute atomic E-state index is 0.00262. The first-order chi connectivity index (χ1) is 8.04. The first-order valence-electron chi connectivity index (χ1n) is 6.12. The third kappa shape index (κ3) is 2.38. The molecule has 1 aromatic rings. The minimum atomic E-state index is -0.385. The van der Waals surface area contributed by atoms with Gasteiger partial charge in [-0.2, -0.15) is 11.3 Å². The van der Waals surface area contributed by atoms with Gasteiger partial charge in [0.15, 0.2) is 0 Å². The first kappa shape index (κ1) is 12.6. The molecule has 0 radical (unpaired) electrons. The van der Waals surface area contributed by atoms with E-state index in [0.717, 1.165) is 19.3 Å². The van der Waals surface area contributed by atoms with E-state index in [1.165, 1.54) is 5.56 Å². The van der Waals surface area contributed by atoms with Crippen LogP contribution in [0.1, 0.15) is 44.7 Å². The van der Waals surface area contributed by atoms with Crippen LogP contribution in [0.15, 0.2) is 16.8 Å². The van der Waals surface area contributed by atoms with Crippen LogP contribution in [0, 0.1) is 5.41 Å². The molecule has 1 aliphatic carbocycles. The van der Waals surface area contributed by atoms with Crippen molar-refractivity contribution in [2.24, 2.45) is 11.1 Å². The molecule has 3 atom stereocenters. The van der Waals surface area contributed by atoms with Gasteiger partial charge in [-0.25, -0.2) is 0 Å². The van der Waals surface area contributed by atoms with E-state index in [1.807, 2.05) is 25.3 Å². The quantitative estimate of drug-likeness (QED) is 0.868. The Kier molecular flexibility index (Phi) is 3.54. The van der Waals surface area contributed by atoms with Crippen molar-refractivity contribution in [2.75, 3.05) is 0 Å². The molecule has 1 aromatic heterocycles. The van der Waals surface area contributed by atoms with Crippen molar-refractivity contribution in [1.29, 1.82) is 0 Å². The van der Waals surface area contributed by atoms with Crippen molar-refractivity contribution in [3.05, 3.63) is 22.4 Å². The maximum atomic E-state index is 12.3. The maximum absolute atomic E-state index is 12.3. The standard InChI is InChI=1S/C13H20N2OS/c1-9(10-5-7-17-8-10)15-12(16)13(2)6-3-4-11(13)14/h5,7-9,11H,3-4,6,14H2,1-2H3,(H,15,16). The number of hydrogen-bond donors (Lipinski definition) is 2. The van der Waals surface area contributed by atoms with E-state index in [4.69, 9.17) is 5.73 Å². The zero-order valence-electron chi connectivity index (χ0n) is 10.4. The lowest BCUT2D eigenvalue weighted by Gasteiger charge is -2.29. The molecule has 0 saturated heterocycles. The second-order valence-corrected chi connectivity index (χ2v) is 5.95. The number of thiophene rings is 1. The highest BCUT2D eigenvalue weighted by molar-refractivity contribution is 7.07. The lowest BCUT2D eigenvalue weighted by atomic mass is 9.84. The summed E-state index contributed by atoms with van der Waals surface area (Å²) in [5.41, 5.74) is 6.83. The fourth-order valence-electron chi connectivity index (χ4n) is 2.44. The highest BCUT2D eigenvalue weighted by Crippen LogP contribution is 2.37. The molecule has 1 saturated carbocycles. The van der Waals surface area contributed by atoms with Crippen LogP contribution in [0.2, 0.25) is 0 Å². The van der Waals surface area contributed by atoms with Gasteiger partial charge in [-0.15, -0.1) is 0 Å². The number of nitrogens with two attached hydrogens (primary N) is 1. The molecular weight excluding hydrogens is 232 g/mol. The van der Waals surface area contributed by atoms with Gasteiger partial charge in [0, 0.05) is 6.04 Å². The molecule has 2 rings (SSSR count). The van der Waals surface area contributed by atoms with E-state index in [9.17, 15) is 4.79 Å². The van der Waals surface area contributed by atoms with Crippen LogP contribution >= 0.6 is 11.3 Å². The average Bonchev–Trinajstić information content (AvgIpc) is 2.90. The molecule has 1 heterocycles. The van der Waals surface area contributed by atoms with Gasteiger partial charge >= 0.3 is 0 Å². The molecule has 4 heteroatoms. The molecule has 3 nitrogen and oxygen atoms in total. The van der Waals surface area contributed by atoms with Gasteiger partial charge in [-0.3, -0.25) is 4.79 Å². The van der Waals surface area contributed by atoms with Gasteiger partial charge < -0.3 is 11.1 Å². The van der Waals surface area contributed by atoms with Crippen LogP contribution in [-0.4, -0.2) is 11.9 Å². The molecule has 0 spiro atoms. The van der Waals surface area contributed by atoms with Crippen molar-refractivity contribution >= 4 is 17.2 Å². The third-order valence-electron chi connectivity index (χ3n) is 3.94. The fraction of sp³-hybridized carbons (Fsp3) is 0.615. The number of nitrogens with one attached hydrogen (secondary N) is 1. The second-order valence-electron chi connectivity index (χ2n) is 5.17. The Morgan fingerprint density at radius 2 is 2.47 bits per heavy atom. The lowest BCUT2D eigenvalue weighted by molar-refractivity contribution is -0.131. The molecule has 94 valence electrons. The Bertz CT molecular complexity index is 390. The van der Waals surface area contributed by atoms with Crippen molar-refractivity contribution in [2.45, 2.75) is 45.2 Å². The van der Waals surface area contributed by atoms with Crippen LogP contribution in [0.5, 0.6) is 0 Å². The fourth-order valence-corrected chi connectivity index (χ4v) is 3.20. The number of carbonyl (C=O) groups excluding carboxylic acids is 1. The predicted octanol–water partition coefficient (Wildman–Crippen LogP) is 2.44. The largest absolute Gasteiger partial charge is 0.349 e. The summed E-state index contributed by atoms with van der Waals surface area (Å²) in [6.07, 6.45) is 2.91. The van der Waals surface area contributed by atoms with Gasteiger partial charge in [-0.1, -0.05) is 6.42 Å². The number of hydrogen-bond acceptors (Lipinski definition) is 3. The van der Waals surface area contributed by atoms with E-state index in [2.05, 4.69) is 10.7 Å². The SMILES string of the molecule is CC(NC(=O)C1(C)CCCC1N)c1ccsc1. The maximum Gasteiger partial charge on any atom is 0.227 e. The Balaban J connectivity index is 2.02. The summed E-state index contributed by atoms with van der Waals surface area (Å²) in [6, 6.07) is 2.11. The predicted molar refractivity (Wildman–Crippen MR) is 70.8 cm³/mol.